The largest absolute Gasteiger partial charge is 0.360 e. The van der Waals surface area contributed by atoms with Gasteiger partial charge in [-0.2, -0.15) is 0 Å². The topological polar surface area (TPSA) is 15.3 Å². The van der Waals surface area contributed by atoms with Gasteiger partial charge in [0, 0.05) is 23.5 Å². The fraction of sp³-hybridized carbons (Fsp3) is 0.500. The van der Waals surface area contributed by atoms with Crippen LogP contribution >= 0.6 is 0 Å². The third-order valence-corrected chi connectivity index (χ3v) is 4.54. The lowest BCUT2D eigenvalue weighted by atomic mass is 9.86. The van der Waals surface area contributed by atoms with Crippen LogP contribution in [-0.4, -0.2) is 0 Å². The first-order valence-electron chi connectivity index (χ1n) is 7.76. The molecule has 1 aliphatic carbocycles. The molecule has 0 amide bonds. The number of anilines is 1. The minimum Gasteiger partial charge on any atom is -0.360 e. The molecule has 2 aliphatic rings. The fourth-order valence-electron chi connectivity index (χ4n) is 3.71. The molecule has 0 spiro atoms. The predicted molar refractivity (Wildman–Crippen MR) is 84.2 cm³/mol. The molecule has 20 heavy (non-hydrogen) atoms. The van der Waals surface area contributed by atoms with E-state index in [1.54, 1.807) is 0 Å². The number of allylic oxidation sites excluding steroid dienone is 1. The van der Waals surface area contributed by atoms with E-state index in [4.69, 9.17) is 0 Å². The molecule has 1 aromatic rings. The average Bonchev–Trinajstić information content (AvgIpc) is 2.87. The summed E-state index contributed by atoms with van der Waals surface area (Å²) < 4.78 is 0. The van der Waals surface area contributed by atoms with E-state index in [-0.39, 0.29) is 0 Å². The fourth-order valence-corrected chi connectivity index (χ4v) is 3.71. The molecule has 1 saturated carbocycles. The Labute approximate surface area is 122 Å². The third-order valence-electron chi connectivity index (χ3n) is 4.54. The smallest absolute Gasteiger partial charge is 0.210 e. The molecule has 0 unspecified atom stereocenters. The van der Waals surface area contributed by atoms with Crippen LogP contribution in [0.4, 0.5) is 5.69 Å². The molecule has 0 saturated heterocycles. The van der Waals surface area contributed by atoms with Crippen molar-refractivity contribution in [2.45, 2.75) is 52.9 Å². The van der Waals surface area contributed by atoms with Crippen molar-refractivity contribution in [3.8, 4) is 0 Å². The normalized spacial score (nSPS) is 19.9. The van der Waals surface area contributed by atoms with Crippen molar-refractivity contribution in [2.24, 2.45) is 5.92 Å². The summed E-state index contributed by atoms with van der Waals surface area (Å²) in [5, 5.41) is 3.20. The van der Waals surface area contributed by atoms with Crippen LogP contribution in [0.2, 0.25) is 0 Å². The van der Waals surface area contributed by atoms with E-state index >= 15 is 0 Å². The van der Waals surface area contributed by atoms with E-state index in [1.807, 2.05) is 0 Å². The highest BCUT2D eigenvalue weighted by molar-refractivity contribution is 5.66. The Morgan fingerprint density at radius 3 is 2.35 bits per heavy atom. The summed E-state index contributed by atoms with van der Waals surface area (Å²) in [5.74, 6) is 0.686. The average molecular weight is 268 g/mol. The zero-order chi connectivity index (χ0) is 14.1. The summed E-state index contributed by atoms with van der Waals surface area (Å²) in [6.45, 7) is 9.88. The molecule has 2 radical (unpaired) electrons. The molecule has 0 aromatic heterocycles. The van der Waals surface area contributed by atoms with Crippen LogP contribution in [0.25, 0.3) is 0 Å². The Balaban J connectivity index is 1.92. The van der Waals surface area contributed by atoms with Crippen molar-refractivity contribution in [3.05, 3.63) is 47.4 Å². The minimum atomic E-state index is 0.686. The van der Waals surface area contributed by atoms with Gasteiger partial charge in [-0.25, -0.2) is 0 Å². The molecule has 2 nitrogen and oxygen atoms in total. The Morgan fingerprint density at radius 1 is 1.05 bits per heavy atom. The summed E-state index contributed by atoms with van der Waals surface area (Å²) in [7, 11) is 0. The maximum Gasteiger partial charge on any atom is 0.210 e. The van der Waals surface area contributed by atoms with Gasteiger partial charge in [-0.15, -0.1) is 0 Å². The maximum atomic E-state index is 3.31. The molecule has 1 aromatic carbocycles. The second kappa shape index (κ2) is 5.51. The zero-order valence-corrected chi connectivity index (χ0v) is 12.8. The number of hydrogen-bond donors (Lipinski definition) is 1. The van der Waals surface area contributed by atoms with Crippen molar-refractivity contribution in [2.75, 3.05) is 4.90 Å². The van der Waals surface area contributed by atoms with Crippen molar-refractivity contribution >= 4 is 5.69 Å². The summed E-state index contributed by atoms with van der Waals surface area (Å²) in [5.41, 5.74) is 6.71. The highest BCUT2D eigenvalue weighted by atomic mass is 15.3. The van der Waals surface area contributed by atoms with E-state index < -0.39 is 0 Å². The molecule has 1 heterocycles. The molecule has 2 heteroatoms. The van der Waals surface area contributed by atoms with Crippen LogP contribution in [0.5, 0.6) is 0 Å². The van der Waals surface area contributed by atoms with Crippen molar-refractivity contribution in [3.63, 3.8) is 0 Å². The van der Waals surface area contributed by atoms with E-state index in [0.717, 1.165) is 0 Å². The number of rotatable bonds is 2. The van der Waals surface area contributed by atoms with Crippen LogP contribution in [0, 0.1) is 33.4 Å². The van der Waals surface area contributed by atoms with Gasteiger partial charge in [-0.3, -0.25) is 0 Å². The van der Waals surface area contributed by atoms with Crippen LogP contribution in [0.15, 0.2) is 24.0 Å². The van der Waals surface area contributed by atoms with Gasteiger partial charge in [0.2, 0.25) is 6.67 Å². The molecule has 0 bridgehead atoms. The SMILES string of the molecule is Cc1cc(C)c(N2[C]NC=C2C2CCCCC2)c(C)c1. The summed E-state index contributed by atoms with van der Waals surface area (Å²) in [6, 6.07) is 4.53. The second-order valence-corrected chi connectivity index (χ2v) is 6.24. The van der Waals surface area contributed by atoms with E-state index in [2.05, 4.69) is 56.0 Å². The van der Waals surface area contributed by atoms with Crippen molar-refractivity contribution in [1.29, 1.82) is 0 Å². The molecular formula is C18H24N2. The number of aryl methyl sites for hydroxylation is 3. The standard InChI is InChI=1S/C18H24N2/c1-13-9-14(2)18(15(3)10-13)20-12-19-11-17(20)16-7-5-4-6-8-16/h9-11,16,19H,4-8H2,1-3H3. The lowest BCUT2D eigenvalue weighted by molar-refractivity contribution is 0.399. The quantitative estimate of drug-likeness (QED) is 0.853. The maximum absolute atomic E-state index is 3.31. The Bertz CT molecular complexity index is 501. The Kier molecular flexibility index (Phi) is 3.73. The minimum absolute atomic E-state index is 0.686. The van der Waals surface area contributed by atoms with Gasteiger partial charge >= 0.3 is 0 Å². The van der Waals surface area contributed by atoms with Gasteiger partial charge in [0.25, 0.3) is 0 Å². The van der Waals surface area contributed by atoms with Crippen molar-refractivity contribution < 1.29 is 0 Å². The lowest BCUT2D eigenvalue weighted by Gasteiger charge is -2.31. The van der Waals surface area contributed by atoms with E-state index in [9.17, 15) is 0 Å². The third kappa shape index (κ3) is 2.44. The van der Waals surface area contributed by atoms with E-state index in [0.29, 0.717) is 5.92 Å². The number of nitrogens with one attached hydrogen (secondary N) is 1. The number of hydrogen-bond acceptors (Lipinski definition) is 2. The monoisotopic (exact) mass is 268 g/mol. The Morgan fingerprint density at radius 2 is 1.70 bits per heavy atom. The highest BCUT2D eigenvalue weighted by Crippen LogP contribution is 2.38. The first kappa shape index (κ1) is 13.5. The lowest BCUT2D eigenvalue weighted by Crippen LogP contribution is -2.25. The number of nitrogens with zero attached hydrogens (tertiary/aromatic N) is 1. The van der Waals surface area contributed by atoms with Crippen LogP contribution in [-0.2, 0) is 0 Å². The predicted octanol–water partition coefficient (Wildman–Crippen LogP) is 4.44. The molecule has 1 N–H and O–H groups in total. The summed E-state index contributed by atoms with van der Waals surface area (Å²) in [4.78, 5) is 2.26. The highest BCUT2D eigenvalue weighted by Gasteiger charge is 2.28. The Hall–Kier alpha value is -1.44. The summed E-state index contributed by atoms with van der Waals surface area (Å²) in [6.07, 6.45) is 8.90. The molecule has 1 fully saturated rings. The summed E-state index contributed by atoms with van der Waals surface area (Å²) >= 11 is 0. The first-order valence-corrected chi connectivity index (χ1v) is 7.76. The number of benzene rings is 1. The van der Waals surface area contributed by atoms with Gasteiger partial charge in [0.1, 0.15) is 0 Å². The zero-order valence-electron chi connectivity index (χ0n) is 12.8. The molecule has 0 atom stereocenters. The van der Waals surface area contributed by atoms with Gasteiger partial charge in [-0.1, -0.05) is 37.0 Å². The molecule has 3 rings (SSSR count). The van der Waals surface area contributed by atoms with Gasteiger partial charge < -0.3 is 10.2 Å². The van der Waals surface area contributed by atoms with Crippen LogP contribution in [0.3, 0.4) is 0 Å². The first-order chi connectivity index (χ1) is 9.66. The van der Waals surface area contributed by atoms with Gasteiger partial charge in [-0.05, 0) is 44.7 Å². The van der Waals surface area contributed by atoms with E-state index in [1.165, 1.54) is 60.2 Å². The second-order valence-electron chi connectivity index (χ2n) is 6.24. The van der Waals surface area contributed by atoms with Crippen LogP contribution < -0.4 is 10.2 Å². The van der Waals surface area contributed by atoms with Crippen LogP contribution in [0.1, 0.15) is 48.8 Å². The van der Waals surface area contributed by atoms with Crippen molar-refractivity contribution in [1.82, 2.24) is 5.32 Å². The van der Waals surface area contributed by atoms with Gasteiger partial charge in [0.15, 0.2) is 0 Å². The molecule has 1 aliphatic heterocycles. The molecular weight excluding hydrogens is 244 g/mol. The molecule has 106 valence electrons. The van der Waals surface area contributed by atoms with Gasteiger partial charge in [0.05, 0.1) is 0 Å².